The fraction of sp³-hybridized carbons (Fsp3) is 0.980. The summed E-state index contributed by atoms with van der Waals surface area (Å²) in [5.74, 6) is 0. The van der Waals surface area contributed by atoms with Crippen molar-refractivity contribution in [2.75, 3.05) is 0 Å². The molecule has 8 rings (SSSR count). The largest absolute Gasteiger partial charge is 0.366 e. The van der Waals surface area contributed by atoms with Crippen LogP contribution in [0.3, 0.4) is 0 Å². The molecule has 8 saturated carbocycles. The third-order valence-electron chi connectivity index (χ3n) is 16.9. The van der Waals surface area contributed by atoms with E-state index in [0.29, 0.717) is 48.3 Å². The summed E-state index contributed by atoms with van der Waals surface area (Å²) >= 11 is 0. The van der Waals surface area contributed by atoms with E-state index in [1.165, 1.54) is 262 Å². The molecule has 0 aromatic heterocycles. The highest BCUT2D eigenvalue weighted by molar-refractivity contribution is 7.97. The van der Waals surface area contributed by atoms with Gasteiger partial charge in [0.2, 0.25) is 0 Å². The maximum absolute atomic E-state index is 12.6. The van der Waals surface area contributed by atoms with Crippen LogP contribution < -0.4 is 0 Å². The Kier molecular flexibility index (Phi) is 17.6. The first kappa shape index (κ1) is 43.7. The Labute approximate surface area is 354 Å². The topological polar surface area (TPSA) is 49.4 Å². The minimum atomic E-state index is -0.919. The zero-order chi connectivity index (χ0) is 38.7. The normalized spacial score (nSPS) is 27.7. The van der Waals surface area contributed by atoms with E-state index in [1.54, 1.807) is 0 Å². The van der Waals surface area contributed by atoms with Gasteiger partial charge in [-0.3, -0.25) is 18.7 Å². The third-order valence-corrected chi connectivity index (χ3v) is 23.2. The van der Waals surface area contributed by atoms with Crippen molar-refractivity contribution in [1.82, 2.24) is 18.7 Å². The Bertz CT molecular complexity index is 958. The molecule has 0 radical (unpaired) electrons. The molecule has 0 heterocycles. The molecular weight excluding hydrogens is 735 g/mol. The molecule has 0 N–H and O–H groups in total. The lowest BCUT2D eigenvalue weighted by molar-refractivity contribution is 0.000193. The first-order valence-corrected chi connectivity index (χ1v) is 28.8. The van der Waals surface area contributed by atoms with Crippen molar-refractivity contribution in [3.8, 4) is 0 Å². The highest BCUT2D eigenvalue weighted by Gasteiger charge is 2.56. The second-order valence-corrected chi connectivity index (χ2v) is 25.0. The van der Waals surface area contributed by atoms with Gasteiger partial charge in [-0.25, -0.2) is 0 Å². The van der Waals surface area contributed by atoms with Gasteiger partial charge in [-0.05, 0) is 103 Å². The molecule has 8 heteroatoms. The van der Waals surface area contributed by atoms with Crippen molar-refractivity contribution in [3.63, 3.8) is 0 Å². The molecule has 0 bridgehead atoms. The van der Waals surface area contributed by atoms with Gasteiger partial charge < -0.3 is 5.53 Å². The molecule has 324 valence electrons. The zero-order valence-electron chi connectivity index (χ0n) is 37.0. The summed E-state index contributed by atoms with van der Waals surface area (Å²) in [6, 6.07) is 5.27. The summed E-state index contributed by atoms with van der Waals surface area (Å²) in [6.45, 7) is 0. The van der Waals surface area contributed by atoms with Crippen molar-refractivity contribution >= 4 is 21.6 Å². The second-order valence-electron chi connectivity index (χ2n) is 20.8. The molecule has 8 aliphatic carbocycles. The average Bonchev–Trinajstić information content (AvgIpc) is 3.30. The minimum Gasteiger partial charge on any atom is -0.360 e. The Morgan fingerprint density at radius 1 is 0.263 bits per heavy atom. The van der Waals surface area contributed by atoms with Crippen LogP contribution in [0.2, 0.25) is 0 Å². The molecule has 0 spiro atoms. The van der Waals surface area contributed by atoms with Gasteiger partial charge in [0.15, 0.2) is 16.4 Å². The summed E-state index contributed by atoms with van der Waals surface area (Å²) in [6.07, 6.45) is 55.7. The number of nitrogens with zero attached hydrogens (tertiary/aromatic N) is 6. The standard InChI is InChI=1S/C49H88N6P2/c50-51-49(56(52(41-25-9-1-10-26-41)42-27-11-2-12-28-42)53(43-29-13-3-14-30-43)44-31-15-4-16-32-44)57(54(45-33-17-5-18-34-45)46-35-19-6-20-36-46)55(47-37-21-7-22-38-47)48-39-23-8-24-40-48/h41-48H,1-40H2. The summed E-state index contributed by atoms with van der Waals surface area (Å²) < 4.78 is 13.2. The van der Waals surface area contributed by atoms with Crippen molar-refractivity contribution < 1.29 is 4.79 Å². The Morgan fingerprint density at radius 2 is 0.404 bits per heavy atom. The van der Waals surface area contributed by atoms with Gasteiger partial charge in [-0.2, -0.15) is 4.79 Å². The predicted octanol–water partition coefficient (Wildman–Crippen LogP) is 15.1. The van der Waals surface area contributed by atoms with Crippen LogP contribution in [0.4, 0.5) is 0 Å². The lowest BCUT2D eigenvalue weighted by Crippen LogP contribution is -2.55. The Hall–Kier alpha value is 0.0800. The predicted molar refractivity (Wildman–Crippen MR) is 245 cm³/mol. The first-order valence-electron chi connectivity index (χ1n) is 26.3. The van der Waals surface area contributed by atoms with Gasteiger partial charge in [0.25, 0.3) is 0 Å². The molecule has 6 nitrogen and oxygen atoms in total. The average molecular weight is 823 g/mol. The second kappa shape index (κ2) is 23.0. The van der Waals surface area contributed by atoms with Gasteiger partial charge in [-0.1, -0.05) is 154 Å². The molecule has 8 fully saturated rings. The van der Waals surface area contributed by atoms with Crippen LogP contribution in [0.25, 0.3) is 5.53 Å². The van der Waals surface area contributed by atoms with Crippen LogP contribution in [-0.4, -0.2) is 77.0 Å². The number of rotatable bonds is 14. The number of hydrogen-bond donors (Lipinski definition) is 0. The molecule has 0 aromatic rings. The quantitative estimate of drug-likeness (QED) is 0.0758. The van der Waals surface area contributed by atoms with Gasteiger partial charge >= 0.3 is 5.19 Å². The van der Waals surface area contributed by atoms with E-state index >= 15 is 0 Å². The van der Waals surface area contributed by atoms with Crippen LogP contribution in [0.1, 0.15) is 257 Å². The van der Waals surface area contributed by atoms with E-state index in [2.05, 4.69) is 18.7 Å². The van der Waals surface area contributed by atoms with Crippen molar-refractivity contribution in [3.05, 3.63) is 5.53 Å². The summed E-state index contributed by atoms with van der Waals surface area (Å²) in [5.41, 5.74) is 12.6. The highest BCUT2D eigenvalue weighted by atomic mass is 31.2. The van der Waals surface area contributed by atoms with Crippen LogP contribution in [0.5, 0.6) is 0 Å². The third kappa shape index (κ3) is 11.0. The smallest absolute Gasteiger partial charge is 0.360 e. The maximum Gasteiger partial charge on any atom is 0.366 e. The molecule has 0 aromatic carbocycles. The lowest BCUT2D eigenvalue weighted by atomic mass is 9.90. The molecular formula is C49H88N6P2. The zero-order valence-corrected chi connectivity index (χ0v) is 38.8. The molecule has 8 aliphatic rings. The van der Waals surface area contributed by atoms with E-state index in [0.717, 1.165) is 0 Å². The SMILES string of the molecule is [N-]=[N+]=C(P(N(C1CCCCC1)C1CCCCC1)N(C1CCCCC1)C1CCCCC1)P(N(C1CCCCC1)C1CCCCC1)N(C1CCCCC1)C1CCCCC1. The molecule has 0 saturated heterocycles. The molecule has 57 heavy (non-hydrogen) atoms. The molecule has 0 amide bonds. The van der Waals surface area contributed by atoms with Crippen molar-refractivity contribution in [1.29, 1.82) is 0 Å². The van der Waals surface area contributed by atoms with Crippen molar-refractivity contribution in [2.24, 2.45) is 0 Å². The monoisotopic (exact) mass is 823 g/mol. The van der Waals surface area contributed by atoms with E-state index in [9.17, 15) is 5.53 Å². The van der Waals surface area contributed by atoms with Gasteiger partial charge in [0, 0.05) is 48.3 Å². The van der Waals surface area contributed by atoms with E-state index in [1.807, 2.05) is 0 Å². The van der Waals surface area contributed by atoms with Crippen LogP contribution >= 0.6 is 16.4 Å². The summed E-state index contributed by atoms with van der Waals surface area (Å²) in [7, 11) is -1.84. The van der Waals surface area contributed by atoms with Gasteiger partial charge in [-0.15, -0.1) is 0 Å². The summed E-state index contributed by atoms with van der Waals surface area (Å²) in [5, 5.41) is 1.37. The maximum atomic E-state index is 12.6. The first-order chi connectivity index (χ1) is 28.3. The van der Waals surface area contributed by atoms with E-state index in [-0.39, 0.29) is 0 Å². The fourth-order valence-electron chi connectivity index (χ4n) is 14.0. The minimum absolute atomic E-state index is 0.659. The van der Waals surface area contributed by atoms with Crippen molar-refractivity contribution in [2.45, 2.75) is 305 Å². The number of hydrogen-bond acceptors (Lipinski definition) is 4. The van der Waals surface area contributed by atoms with Crippen LogP contribution in [0, 0.1) is 0 Å². The van der Waals surface area contributed by atoms with Crippen LogP contribution in [0.15, 0.2) is 0 Å². The molecule has 0 aliphatic heterocycles. The lowest BCUT2D eigenvalue weighted by Gasteiger charge is -2.56. The highest BCUT2D eigenvalue weighted by Crippen LogP contribution is 2.68. The fourth-order valence-corrected chi connectivity index (χ4v) is 21.7. The molecule has 0 unspecified atom stereocenters. The van der Waals surface area contributed by atoms with E-state index < -0.39 is 16.4 Å². The molecule has 0 atom stereocenters. The van der Waals surface area contributed by atoms with Gasteiger partial charge in [0.1, 0.15) is 0 Å². The van der Waals surface area contributed by atoms with Crippen LogP contribution in [-0.2, 0) is 0 Å². The summed E-state index contributed by atoms with van der Waals surface area (Å²) in [4.78, 5) is 5.14. The van der Waals surface area contributed by atoms with E-state index in [4.69, 9.17) is 4.79 Å². The van der Waals surface area contributed by atoms with Gasteiger partial charge in [0.05, 0.1) is 0 Å². The Morgan fingerprint density at radius 3 is 0.526 bits per heavy atom. The Balaban J connectivity index is 1.34.